The van der Waals surface area contributed by atoms with Crippen molar-refractivity contribution in [3.63, 3.8) is 0 Å². The molecule has 0 saturated carbocycles. The van der Waals surface area contributed by atoms with Crippen molar-refractivity contribution in [2.45, 2.75) is 75.7 Å². The molecule has 0 spiro atoms. The van der Waals surface area contributed by atoms with Crippen molar-refractivity contribution < 1.29 is 9.21 Å². The van der Waals surface area contributed by atoms with Crippen molar-refractivity contribution >= 4 is 23.7 Å². The van der Waals surface area contributed by atoms with E-state index in [1.165, 1.54) is 65.4 Å². The Kier molecular flexibility index (Phi) is 4.43. The molecule has 1 aromatic heterocycles. The van der Waals surface area contributed by atoms with Gasteiger partial charge in [0.1, 0.15) is 5.76 Å². The predicted molar refractivity (Wildman–Crippen MR) is 109 cm³/mol. The highest BCUT2D eigenvalue weighted by atomic mass is 32.2. The Morgan fingerprint density at radius 3 is 2.48 bits per heavy atom. The summed E-state index contributed by atoms with van der Waals surface area (Å²) in [5.41, 5.74) is 7.99. The van der Waals surface area contributed by atoms with E-state index in [0.29, 0.717) is 5.92 Å². The second-order valence-corrected chi connectivity index (χ2v) is 8.94. The van der Waals surface area contributed by atoms with Crippen LogP contribution in [0.25, 0.3) is 0 Å². The lowest BCUT2D eigenvalue weighted by atomic mass is 9.89. The fourth-order valence-corrected chi connectivity index (χ4v) is 5.58. The number of hydrogen-bond acceptors (Lipinski definition) is 3. The van der Waals surface area contributed by atoms with E-state index in [9.17, 15) is 4.79 Å². The molecule has 3 aliphatic carbocycles. The van der Waals surface area contributed by atoms with Crippen LogP contribution in [0.5, 0.6) is 0 Å². The molecule has 1 heterocycles. The first kappa shape index (κ1) is 17.2. The lowest BCUT2D eigenvalue weighted by Gasteiger charge is -2.16. The Morgan fingerprint density at radius 1 is 1.04 bits per heavy atom. The molecule has 4 nitrogen and oxygen atoms in total. The molecule has 0 radical (unpaired) electrons. The smallest absolute Gasteiger partial charge is 0.329 e. The van der Waals surface area contributed by atoms with Crippen LogP contribution in [-0.2, 0) is 32.1 Å². The summed E-state index contributed by atoms with van der Waals surface area (Å²) in [6, 6.07) is 4.33. The maximum atomic E-state index is 12.6. The second-order valence-electron chi connectivity index (χ2n) is 8.13. The summed E-state index contributed by atoms with van der Waals surface area (Å²) in [5, 5.41) is 3.96. The summed E-state index contributed by atoms with van der Waals surface area (Å²) in [6.07, 6.45) is 10.2. The van der Waals surface area contributed by atoms with Crippen molar-refractivity contribution in [2.75, 3.05) is 5.32 Å². The molecule has 3 aliphatic rings. The molecule has 2 N–H and O–H groups in total. The van der Waals surface area contributed by atoms with Crippen molar-refractivity contribution in [1.82, 2.24) is 4.72 Å². The van der Waals surface area contributed by atoms with Gasteiger partial charge in [-0.15, -0.1) is 0 Å². The van der Waals surface area contributed by atoms with Crippen molar-refractivity contribution in [3.8, 4) is 0 Å². The largest absolute Gasteiger partial charge is 0.453 e. The zero-order valence-electron chi connectivity index (χ0n) is 15.8. The molecule has 0 aliphatic heterocycles. The summed E-state index contributed by atoms with van der Waals surface area (Å²) in [5.74, 6) is 1.65. The maximum absolute atomic E-state index is 12.6. The van der Waals surface area contributed by atoms with E-state index in [4.69, 9.17) is 4.42 Å². The van der Waals surface area contributed by atoms with Gasteiger partial charge in [0.15, 0.2) is 5.09 Å². The molecule has 1 unspecified atom stereocenters. The van der Waals surface area contributed by atoms with Crippen molar-refractivity contribution in [2.24, 2.45) is 0 Å². The average molecular weight is 383 g/mol. The molecule has 1 atom stereocenters. The van der Waals surface area contributed by atoms with E-state index in [2.05, 4.69) is 29.1 Å². The Labute approximate surface area is 164 Å². The summed E-state index contributed by atoms with van der Waals surface area (Å²) in [6.45, 7) is 2.25. The molecule has 0 bridgehead atoms. The molecular formula is C22H26N2O2S. The topological polar surface area (TPSA) is 54.3 Å². The van der Waals surface area contributed by atoms with Gasteiger partial charge in [-0.25, -0.2) is 4.79 Å². The minimum absolute atomic E-state index is 0.156. The van der Waals surface area contributed by atoms with Gasteiger partial charge in [0.05, 0.1) is 0 Å². The van der Waals surface area contributed by atoms with Crippen LogP contribution in [0.1, 0.15) is 72.1 Å². The van der Waals surface area contributed by atoms with E-state index < -0.39 is 0 Å². The summed E-state index contributed by atoms with van der Waals surface area (Å²) < 4.78 is 8.87. The number of carbonyl (C=O) groups is 1. The third kappa shape index (κ3) is 3.16. The Bertz CT molecular complexity index is 870. The summed E-state index contributed by atoms with van der Waals surface area (Å²) in [7, 11) is 0. The van der Waals surface area contributed by atoms with Crippen LogP contribution >= 0.6 is 11.9 Å². The monoisotopic (exact) mass is 382 g/mol. The number of furan rings is 1. The normalized spacial score (nSPS) is 20.1. The van der Waals surface area contributed by atoms with Gasteiger partial charge < -0.3 is 9.73 Å². The van der Waals surface area contributed by atoms with Crippen LogP contribution in [-0.4, -0.2) is 6.03 Å². The number of rotatable bonds is 3. The fraction of sp³-hybridized carbons (Fsp3) is 0.500. The third-order valence-electron chi connectivity index (χ3n) is 6.35. The minimum Gasteiger partial charge on any atom is -0.453 e. The predicted octanol–water partition coefficient (Wildman–Crippen LogP) is 5.53. The molecule has 27 heavy (non-hydrogen) atoms. The number of aryl methyl sites for hydroxylation is 3. The molecule has 0 saturated heterocycles. The third-order valence-corrected chi connectivity index (χ3v) is 7.04. The molecular weight excluding hydrogens is 356 g/mol. The average Bonchev–Trinajstić information content (AvgIpc) is 3.38. The van der Waals surface area contributed by atoms with Crippen LogP contribution in [0.4, 0.5) is 10.5 Å². The van der Waals surface area contributed by atoms with Crippen molar-refractivity contribution in [1.29, 1.82) is 0 Å². The van der Waals surface area contributed by atoms with Crippen LogP contribution in [0, 0.1) is 0 Å². The molecule has 2 aromatic rings. The number of amides is 2. The van der Waals surface area contributed by atoms with Gasteiger partial charge in [-0.1, -0.05) is 13.0 Å². The van der Waals surface area contributed by atoms with Crippen LogP contribution in [0.2, 0.25) is 0 Å². The summed E-state index contributed by atoms with van der Waals surface area (Å²) >= 11 is 1.28. The van der Waals surface area contributed by atoms with Gasteiger partial charge in [-0.05, 0) is 91.2 Å². The molecule has 142 valence electrons. The van der Waals surface area contributed by atoms with E-state index in [1.54, 1.807) is 0 Å². The van der Waals surface area contributed by atoms with Crippen molar-refractivity contribution in [3.05, 3.63) is 45.7 Å². The van der Waals surface area contributed by atoms with Gasteiger partial charge in [-0.2, -0.15) is 0 Å². The fourth-order valence-electron chi connectivity index (χ4n) is 5.01. The van der Waals surface area contributed by atoms with E-state index in [0.717, 1.165) is 48.6 Å². The first-order valence-corrected chi connectivity index (χ1v) is 11.0. The molecule has 0 fully saturated rings. The molecule has 5 rings (SSSR count). The number of hydrogen-bond donors (Lipinski definition) is 2. The van der Waals surface area contributed by atoms with Gasteiger partial charge in [0, 0.05) is 24.1 Å². The number of nitrogens with one attached hydrogen (secondary N) is 2. The highest BCUT2D eigenvalue weighted by Gasteiger charge is 2.25. The standard InChI is InChI=1S/C22H26N2O2S/c1-13-5-2-10-19-18(13)12-20(26-19)27-24-22(25)23-21-16-8-3-6-14(16)11-15-7-4-9-17(15)21/h11-13H,2-10H2,1H3,(H2,23,24,25). The Balaban J connectivity index is 1.30. The number of benzene rings is 1. The van der Waals surface area contributed by atoms with Gasteiger partial charge in [0.25, 0.3) is 0 Å². The van der Waals surface area contributed by atoms with E-state index in [1.807, 2.05) is 0 Å². The number of carbonyl (C=O) groups excluding carboxylic acids is 1. The number of fused-ring (bicyclic) bond motifs is 3. The molecule has 5 heteroatoms. The Morgan fingerprint density at radius 2 is 1.78 bits per heavy atom. The van der Waals surface area contributed by atoms with Gasteiger partial charge >= 0.3 is 6.03 Å². The lowest BCUT2D eigenvalue weighted by molar-refractivity contribution is 0.257. The van der Waals surface area contributed by atoms with E-state index >= 15 is 0 Å². The van der Waals surface area contributed by atoms with Gasteiger partial charge in [-0.3, -0.25) is 4.72 Å². The first-order valence-electron chi connectivity index (χ1n) is 10.2. The highest BCUT2D eigenvalue weighted by Crippen LogP contribution is 2.39. The van der Waals surface area contributed by atoms with Crippen LogP contribution in [0.15, 0.2) is 21.6 Å². The molecule has 2 amide bonds. The summed E-state index contributed by atoms with van der Waals surface area (Å²) in [4.78, 5) is 12.6. The van der Waals surface area contributed by atoms with Crippen LogP contribution < -0.4 is 10.0 Å². The van der Waals surface area contributed by atoms with Gasteiger partial charge in [0.2, 0.25) is 0 Å². The zero-order valence-corrected chi connectivity index (χ0v) is 16.6. The highest BCUT2D eigenvalue weighted by molar-refractivity contribution is 7.97. The Hall–Kier alpha value is -1.88. The number of urea groups is 1. The maximum Gasteiger partial charge on any atom is 0.329 e. The number of anilines is 1. The lowest BCUT2D eigenvalue weighted by Crippen LogP contribution is -2.24. The zero-order chi connectivity index (χ0) is 18.4. The van der Waals surface area contributed by atoms with Crippen LogP contribution in [0.3, 0.4) is 0 Å². The first-order chi connectivity index (χ1) is 13.2. The minimum atomic E-state index is -0.156. The molecule has 1 aromatic carbocycles. The second kappa shape index (κ2) is 6.93. The quantitative estimate of drug-likeness (QED) is 0.687. The van der Waals surface area contributed by atoms with E-state index in [-0.39, 0.29) is 6.03 Å². The SMILES string of the molecule is CC1CCCc2oc(SNC(=O)Nc3c4c(cc5c3CCC5)CCC4)cc21.